The van der Waals surface area contributed by atoms with Crippen LogP contribution in [0.3, 0.4) is 0 Å². The lowest BCUT2D eigenvalue weighted by atomic mass is 9.92. The molecule has 1 aromatic rings. The summed E-state index contributed by atoms with van der Waals surface area (Å²) < 4.78 is 9.60. The number of nitrogens with zero attached hydrogens (tertiary/aromatic N) is 2. The Kier molecular flexibility index (Phi) is 4.26. The van der Waals surface area contributed by atoms with Crippen LogP contribution in [0.4, 0.5) is 0 Å². The molecule has 16 heavy (non-hydrogen) atoms. The Labute approximate surface area is 101 Å². The summed E-state index contributed by atoms with van der Waals surface area (Å²) in [6.07, 6.45) is 2.40. The van der Waals surface area contributed by atoms with Crippen molar-refractivity contribution in [3.8, 4) is 0 Å². The van der Waals surface area contributed by atoms with Crippen molar-refractivity contribution in [2.45, 2.75) is 32.7 Å². The molecule has 90 valence electrons. The number of hydrogen-bond acceptors (Lipinski definition) is 5. The van der Waals surface area contributed by atoms with E-state index in [9.17, 15) is 0 Å². The van der Waals surface area contributed by atoms with Gasteiger partial charge in [-0.2, -0.15) is 0 Å². The highest BCUT2D eigenvalue weighted by atomic mass is 32.1. The predicted molar refractivity (Wildman–Crippen MR) is 64.6 cm³/mol. The standard InChI is InChI=1S/C11H19N3OS/c1-3-12-10(9-5-4-6-15-7-9)11-8(2)13-14-16-11/h9-10,12H,3-7H2,1-2H3. The van der Waals surface area contributed by atoms with E-state index in [1.807, 2.05) is 6.92 Å². The topological polar surface area (TPSA) is 47.0 Å². The van der Waals surface area contributed by atoms with Crippen LogP contribution >= 0.6 is 11.5 Å². The summed E-state index contributed by atoms with van der Waals surface area (Å²) >= 11 is 1.51. The highest BCUT2D eigenvalue weighted by Crippen LogP contribution is 2.31. The van der Waals surface area contributed by atoms with Gasteiger partial charge in [-0.25, -0.2) is 0 Å². The van der Waals surface area contributed by atoms with Crippen molar-refractivity contribution in [1.82, 2.24) is 14.9 Å². The third-order valence-corrected chi connectivity index (χ3v) is 3.97. The molecule has 2 unspecified atom stereocenters. The third kappa shape index (κ3) is 2.59. The molecule has 0 bridgehead atoms. The number of ether oxygens (including phenoxy) is 1. The van der Waals surface area contributed by atoms with Gasteiger partial charge in [-0.05, 0) is 37.8 Å². The van der Waals surface area contributed by atoms with Crippen LogP contribution < -0.4 is 5.32 Å². The minimum atomic E-state index is 0.366. The molecule has 0 aromatic carbocycles. The summed E-state index contributed by atoms with van der Waals surface area (Å²) in [4.78, 5) is 1.28. The van der Waals surface area contributed by atoms with Crippen molar-refractivity contribution in [2.24, 2.45) is 5.92 Å². The van der Waals surface area contributed by atoms with Crippen molar-refractivity contribution >= 4 is 11.5 Å². The van der Waals surface area contributed by atoms with E-state index in [2.05, 4.69) is 21.8 Å². The molecule has 1 aliphatic rings. The van der Waals surface area contributed by atoms with Crippen LogP contribution in [-0.2, 0) is 4.74 Å². The van der Waals surface area contributed by atoms with E-state index in [-0.39, 0.29) is 0 Å². The lowest BCUT2D eigenvalue weighted by Crippen LogP contribution is -2.33. The van der Waals surface area contributed by atoms with E-state index >= 15 is 0 Å². The third-order valence-electron chi connectivity index (χ3n) is 3.06. The van der Waals surface area contributed by atoms with E-state index in [1.165, 1.54) is 22.8 Å². The summed E-state index contributed by atoms with van der Waals surface area (Å²) in [5.41, 5.74) is 1.06. The predicted octanol–water partition coefficient (Wildman–Crippen LogP) is 1.92. The molecule has 0 spiro atoms. The normalized spacial score (nSPS) is 23.2. The maximum absolute atomic E-state index is 5.57. The van der Waals surface area contributed by atoms with Crippen molar-refractivity contribution < 1.29 is 4.74 Å². The van der Waals surface area contributed by atoms with E-state index in [4.69, 9.17) is 4.74 Å². The molecule has 0 aliphatic carbocycles. The molecule has 2 heterocycles. The highest BCUT2D eigenvalue weighted by molar-refractivity contribution is 7.05. The molecule has 1 saturated heterocycles. The minimum absolute atomic E-state index is 0.366. The van der Waals surface area contributed by atoms with Gasteiger partial charge in [-0.3, -0.25) is 0 Å². The first-order valence-electron chi connectivity index (χ1n) is 5.93. The van der Waals surface area contributed by atoms with Gasteiger partial charge in [0.15, 0.2) is 0 Å². The summed E-state index contributed by atoms with van der Waals surface area (Å²) in [6, 6.07) is 0.366. The second-order valence-electron chi connectivity index (χ2n) is 4.24. The maximum atomic E-state index is 5.57. The van der Waals surface area contributed by atoms with Crippen molar-refractivity contribution in [2.75, 3.05) is 19.8 Å². The Morgan fingerprint density at radius 1 is 1.62 bits per heavy atom. The lowest BCUT2D eigenvalue weighted by molar-refractivity contribution is 0.0397. The Morgan fingerprint density at radius 3 is 3.06 bits per heavy atom. The lowest BCUT2D eigenvalue weighted by Gasteiger charge is -2.30. The first-order valence-corrected chi connectivity index (χ1v) is 6.70. The van der Waals surface area contributed by atoms with E-state index in [0.29, 0.717) is 12.0 Å². The van der Waals surface area contributed by atoms with Gasteiger partial charge >= 0.3 is 0 Å². The Morgan fingerprint density at radius 2 is 2.50 bits per heavy atom. The Bertz CT molecular complexity index is 323. The zero-order valence-corrected chi connectivity index (χ0v) is 10.7. The summed E-state index contributed by atoms with van der Waals surface area (Å²) in [7, 11) is 0. The van der Waals surface area contributed by atoms with Gasteiger partial charge in [0.25, 0.3) is 0 Å². The molecule has 0 radical (unpaired) electrons. The Hall–Kier alpha value is -0.520. The number of nitrogens with one attached hydrogen (secondary N) is 1. The molecular formula is C11H19N3OS. The molecular weight excluding hydrogens is 222 g/mol. The maximum Gasteiger partial charge on any atom is 0.0772 e. The second kappa shape index (κ2) is 5.70. The van der Waals surface area contributed by atoms with Crippen LogP contribution in [0.5, 0.6) is 0 Å². The van der Waals surface area contributed by atoms with Gasteiger partial charge in [0.05, 0.1) is 23.2 Å². The number of rotatable bonds is 4. The van der Waals surface area contributed by atoms with Gasteiger partial charge in [0.1, 0.15) is 0 Å². The number of aromatic nitrogens is 2. The van der Waals surface area contributed by atoms with Crippen molar-refractivity contribution in [1.29, 1.82) is 0 Å². The highest BCUT2D eigenvalue weighted by Gasteiger charge is 2.27. The molecule has 0 saturated carbocycles. The molecule has 4 nitrogen and oxygen atoms in total. The quantitative estimate of drug-likeness (QED) is 0.875. The zero-order chi connectivity index (χ0) is 11.4. The first-order chi connectivity index (χ1) is 7.83. The fourth-order valence-electron chi connectivity index (χ4n) is 2.24. The SMILES string of the molecule is CCNC(c1snnc1C)C1CCCOC1. The monoisotopic (exact) mass is 241 g/mol. The summed E-state index contributed by atoms with van der Waals surface area (Å²) in [5, 5.41) is 7.65. The van der Waals surface area contributed by atoms with E-state index < -0.39 is 0 Å². The minimum Gasteiger partial charge on any atom is -0.381 e. The Balaban J connectivity index is 2.12. The van der Waals surface area contributed by atoms with Crippen LogP contribution in [0, 0.1) is 12.8 Å². The van der Waals surface area contributed by atoms with Crippen molar-refractivity contribution in [3.63, 3.8) is 0 Å². The fraction of sp³-hybridized carbons (Fsp3) is 0.818. The van der Waals surface area contributed by atoms with Gasteiger partial charge < -0.3 is 10.1 Å². The van der Waals surface area contributed by atoms with Crippen LogP contribution in [0.1, 0.15) is 36.4 Å². The first kappa shape index (κ1) is 12.0. The smallest absolute Gasteiger partial charge is 0.0772 e. The van der Waals surface area contributed by atoms with Crippen LogP contribution in [0.15, 0.2) is 0 Å². The van der Waals surface area contributed by atoms with Crippen LogP contribution in [0.25, 0.3) is 0 Å². The van der Waals surface area contributed by atoms with E-state index in [1.54, 1.807) is 0 Å². The largest absolute Gasteiger partial charge is 0.381 e. The van der Waals surface area contributed by atoms with Gasteiger partial charge in [-0.15, -0.1) is 5.10 Å². The van der Waals surface area contributed by atoms with Gasteiger partial charge in [0.2, 0.25) is 0 Å². The molecule has 1 aliphatic heterocycles. The van der Waals surface area contributed by atoms with Crippen molar-refractivity contribution in [3.05, 3.63) is 10.6 Å². The fourth-order valence-corrected chi connectivity index (χ4v) is 3.06. The van der Waals surface area contributed by atoms with Crippen LogP contribution in [-0.4, -0.2) is 29.3 Å². The van der Waals surface area contributed by atoms with E-state index in [0.717, 1.165) is 31.9 Å². The second-order valence-corrected chi connectivity index (χ2v) is 5.02. The molecule has 5 heteroatoms. The molecule has 1 aromatic heterocycles. The summed E-state index contributed by atoms with van der Waals surface area (Å²) in [6.45, 7) is 6.91. The number of hydrogen-bond donors (Lipinski definition) is 1. The molecule has 1 N–H and O–H groups in total. The van der Waals surface area contributed by atoms with Gasteiger partial charge in [0, 0.05) is 12.5 Å². The van der Waals surface area contributed by atoms with Crippen LogP contribution in [0.2, 0.25) is 0 Å². The average Bonchev–Trinajstić information content (AvgIpc) is 2.73. The molecule has 2 rings (SSSR count). The molecule has 2 atom stereocenters. The molecule has 0 amide bonds. The summed E-state index contributed by atoms with van der Waals surface area (Å²) in [5.74, 6) is 0.564. The van der Waals surface area contributed by atoms with Gasteiger partial charge in [-0.1, -0.05) is 11.4 Å². The number of aryl methyl sites for hydroxylation is 1. The zero-order valence-electron chi connectivity index (χ0n) is 9.90. The average molecular weight is 241 g/mol. The molecule has 1 fully saturated rings.